The number of alkyl halides is 2. The van der Waals surface area contributed by atoms with Crippen LogP contribution in [0.4, 0.5) is 8.78 Å². The molecule has 0 unspecified atom stereocenters. The summed E-state index contributed by atoms with van der Waals surface area (Å²) in [4.78, 5) is 10.3. The Morgan fingerprint density at radius 3 is 2.54 bits per heavy atom. The average molecular weight is 186 g/mol. The van der Waals surface area contributed by atoms with Crippen LogP contribution in [0.15, 0.2) is 12.1 Å². The Bertz CT molecular complexity index is 335. The number of aromatic hydroxyl groups is 1. The molecule has 70 valence electrons. The van der Waals surface area contributed by atoms with Crippen LogP contribution in [0.1, 0.15) is 27.9 Å². The molecule has 0 spiro atoms. The van der Waals surface area contributed by atoms with E-state index in [2.05, 4.69) is 0 Å². The zero-order valence-electron chi connectivity index (χ0n) is 6.92. The number of phenolic OH excluding ortho intramolecular Hbond substituents is 1. The van der Waals surface area contributed by atoms with Gasteiger partial charge in [0.1, 0.15) is 12.0 Å². The summed E-state index contributed by atoms with van der Waals surface area (Å²) in [6.45, 7) is 1.47. The summed E-state index contributed by atoms with van der Waals surface area (Å²) in [7, 11) is 0. The molecule has 13 heavy (non-hydrogen) atoms. The smallest absolute Gasteiger partial charge is 0.267 e. The van der Waals surface area contributed by atoms with Crippen molar-refractivity contribution in [2.75, 3.05) is 0 Å². The third kappa shape index (κ3) is 1.83. The lowest BCUT2D eigenvalue weighted by molar-refractivity contribution is 0.112. The molecule has 0 bridgehead atoms. The summed E-state index contributed by atoms with van der Waals surface area (Å²) in [6, 6.07) is 2.34. The Morgan fingerprint density at radius 1 is 1.46 bits per heavy atom. The molecule has 0 aliphatic carbocycles. The third-order valence-electron chi connectivity index (χ3n) is 1.72. The van der Waals surface area contributed by atoms with Crippen LogP contribution in [0.5, 0.6) is 5.75 Å². The molecule has 1 rings (SSSR count). The molecule has 0 heterocycles. The predicted molar refractivity (Wildman–Crippen MR) is 43.2 cm³/mol. The molecule has 1 N–H and O–H groups in total. The van der Waals surface area contributed by atoms with Gasteiger partial charge < -0.3 is 5.11 Å². The van der Waals surface area contributed by atoms with Crippen LogP contribution in [0, 0.1) is 6.92 Å². The molecular weight excluding hydrogens is 178 g/mol. The number of hydrogen-bond donors (Lipinski definition) is 1. The van der Waals surface area contributed by atoms with E-state index in [0.29, 0.717) is 6.29 Å². The summed E-state index contributed by atoms with van der Waals surface area (Å²) in [6.07, 6.45) is -2.29. The van der Waals surface area contributed by atoms with Crippen molar-refractivity contribution in [3.8, 4) is 5.75 Å². The molecule has 2 nitrogen and oxygen atoms in total. The van der Waals surface area contributed by atoms with Gasteiger partial charge in [-0.2, -0.15) is 0 Å². The number of aldehydes is 1. The van der Waals surface area contributed by atoms with Crippen molar-refractivity contribution in [3.63, 3.8) is 0 Å². The number of carbonyl (C=O) groups excluding carboxylic acids is 1. The molecule has 0 saturated carbocycles. The van der Waals surface area contributed by atoms with Gasteiger partial charge in [-0.3, -0.25) is 4.79 Å². The van der Waals surface area contributed by atoms with E-state index in [9.17, 15) is 18.7 Å². The van der Waals surface area contributed by atoms with E-state index in [0.717, 1.165) is 6.07 Å². The molecule has 4 heteroatoms. The number of aryl methyl sites for hydroxylation is 1. The first-order valence-electron chi connectivity index (χ1n) is 3.63. The van der Waals surface area contributed by atoms with Gasteiger partial charge in [-0.05, 0) is 24.6 Å². The van der Waals surface area contributed by atoms with Crippen molar-refractivity contribution in [1.82, 2.24) is 0 Å². The van der Waals surface area contributed by atoms with Crippen LogP contribution >= 0.6 is 0 Å². The largest absolute Gasteiger partial charge is 0.507 e. The number of carbonyl (C=O) groups is 1. The van der Waals surface area contributed by atoms with Gasteiger partial charge in [0.05, 0.1) is 5.56 Å². The second kappa shape index (κ2) is 3.51. The summed E-state index contributed by atoms with van der Waals surface area (Å²) in [5, 5.41) is 9.19. The minimum absolute atomic E-state index is 0.144. The minimum atomic E-state index is -2.77. The van der Waals surface area contributed by atoms with Gasteiger partial charge in [-0.25, -0.2) is 8.78 Å². The van der Waals surface area contributed by atoms with Gasteiger partial charge in [0.2, 0.25) is 0 Å². The van der Waals surface area contributed by atoms with Gasteiger partial charge >= 0.3 is 0 Å². The first kappa shape index (κ1) is 9.64. The summed E-state index contributed by atoms with van der Waals surface area (Å²) >= 11 is 0. The molecule has 0 radical (unpaired) electrons. The van der Waals surface area contributed by atoms with Crippen molar-refractivity contribution in [2.24, 2.45) is 0 Å². The van der Waals surface area contributed by atoms with E-state index in [-0.39, 0.29) is 11.1 Å². The van der Waals surface area contributed by atoms with Crippen molar-refractivity contribution < 1.29 is 18.7 Å². The SMILES string of the molecule is Cc1cc(C=O)cc(C(F)F)c1O. The lowest BCUT2D eigenvalue weighted by atomic mass is 10.1. The molecule has 0 saturated heterocycles. The van der Waals surface area contributed by atoms with Crippen LogP contribution in [0.2, 0.25) is 0 Å². The fourth-order valence-corrected chi connectivity index (χ4v) is 1.07. The van der Waals surface area contributed by atoms with E-state index in [1.807, 2.05) is 0 Å². The molecule has 0 aliphatic heterocycles. The summed E-state index contributed by atoms with van der Waals surface area (Å²) in [5.41, 5.74) is -0.0763. The topological polar surface area (TPSA) is 37.3 Å². The Kier molecular flexibility index (Phi) is 2.60. The van der Waals surface area contributed by atoms with Gasteiger partial charge in [-0.1, -0.05) is 0 Å². The van der Waals surface area contributed by atoms with Gasteiger partial charge in [0.25, 0.3) is 6.43 Å². The highest BCUT2D eigenvalue weighted by atomic mass is 19.3. The molecule has 1 aromatic rings. The highest BCUT2D eigenvalue weighted by Crippen LogP contribution is 2.31. The number of phenols is 1. The monoisotopic (exact) mass is 186 g/mol. The van der Waals surface area contributed by atoms with Crippen LogP contribution in [-0.2, 0) is 0 Å². The molecule has 0 fully saturated rings. The van der Waals surface area contributed by atoms with Gasteiger partial charge in [-0.15, -0.1) is 0 Å². The van der Waals surface area contributed by atoms with Crippen molar-refractivity contribution in [3.05, 3.63) is 28.8 Å². The van der Waals surface area contributed by atoms with E-state index < -0.39 is 17.7 Å². The Hall–Kier alpha value is -1.45. The Balaban J connectivity index is 3.32. The van der Waals surface area contributed by atoms with Crippen LogP contribution in [-0.4, -0.2) is 11.4 Å². The first-order chi connectivity index (χ1) is 6.06. The number of hydrogen-bond acceptors (Lipinski definition) is 2. The van der Waals surface area contributed by atoms with Gasteiger partial charge in [0.15, 0.2) is 0 Å². The fourth-order valence-electron chi connectivity index (χ4n) is 1.07. The molecule has 0 amide bonds. The average Bonchev–Trinajstić information content (AvgIpc) is 2.09. The normalized spacial score (nSPS) is 10.5. The van der Waals surface area contributed by atoms with Crippen LogP contribution in [0.25, 0.3) is 0 Å². The van der Waals surface area contributed by atoms with Crippen molar-refractivity contribution >= 4 is 6.29 Å². The second-order valence-corrected chi connectivity index (χ2v) is 2.69. The summed E-state index contributed by atoms with van der Waals surface area (Å²) < 4.78 is 24.5. The van der Waals surface area contributed by atoms with Crippen LogP contribution in [0.3, 0.4) is 0 Å². The van der Waals surface area contributed by atoms with Crippen LogP contribution < -0.4 is 0 Å². The van der Waals surface area contributed by atoms with E-state index in [1.165, 1.54) is 13.0 Å². The second-order valence-electron chi connectivity index (χ2n) is 2.69. The molecule has 1 aromatic carbocycles. The minimum Gasteiger partial charge on any atom is -0.507 e. The summed E-state index contributed by atoms with van der Waals surface area (Å²) in [5.74, 6) is -0.444. The lowest BCUT2D eigenvalue weighted by Gasteiger charge is -2.06. The maximum absolute atomic E-state index is 12.2. The van der Waals surface area contributed by atoms with Gasteiger partial charge in [0, 0.05) is 5.56 Å². The predicted octanol–water partition coefficient (Wildman–Crippen LogP) is 2.45. The van der Waals surface area contributed by atoms with E-state index in [4.69, 9.17) is 0 Å². The molecular formula is C9H8F2O2. The number of rotatable bonds is 2. The highest BCUT2D eigenvalue weighted by Gasteiger charge is 2.15. The Labute approximate surface area is 73.8 Å². The maximum atomic E-state index is 12.2. The lowest BCUT2D eigenvalue weighted by Crippen LogP contribution is -1.91. The number of benzene rings is 1. The fraction of sp³-hybridized carbons (Fsp3) is 0.222. The highest BCUT2D eigenvalue weighted by molar-refractivity contribution is 5.76. The Morgan fingerprint density at radius 2 is 2.08 bits per heavy atom. The standard InChI is InChI=1S/C9H8F2O2/c1-5-2-6(4-12)3-7(8(5)13)9(10)11/h2-4,9,13H,1H3. The van der Waals surface area contributed by atoms with E-state index >= 15 is 0 Å². The third-order valence-corrected chi connectivity index (χ3v) is 1.72. The van der Waals surface area contributed by atoms with Crippen molar-refractivity contribution in [2.45, 2.75) is 13.3 Å². The maximum Gasteiger partial charge on any atom is 0.267 e. The molecule has 0 aliphatic rings. The quantitative estimate of drug-likeness (QED) is 0.720. The molecule has 0 atom stereocenters. The van der Waals surface area contributed by atoms with Crippen molar-refractivity contribution in [1.29, 1.82) is 0 Å². The van der Waals surface area contributed by atoms with E-state index in [1.54, 1.807) is 0 Å². The molecule has 0 aromatic heterocycles. The zero-order chi connectivity index (χ0) is 10.0. The first-order valence-corrected chi connectivity index (χ1v) is 3.63. The zero-order valence-corrected chi connectivity index (χ0v) is 6.92. The number of halogens is 2.